The number of nitrogens with one attached hydrogen (secondary N) is 1. The zero-order chi connectivity index (χ0) is 13.7. The summed E-state index contributed by atoms with van der Waals surface area (Å²) < 4.78 is 0. The van der Waals surface area contributed by atoms with E-state index in [4.69, 9.17) is 0 Å². The molecule has 1 heterocycles. The predicted octanol–water partition coefficient (Wildman–Crippen LogP) is 1.44. The Hall–Kier alpha value is -1.72. The van der Waals surface area contributed by atoms with Crippen LogP contribution in [0.1, 0.15) is 19.5 Å². The Morgan fingerprint density at radius 3 is 2.63 bits per heavy atom. The normalized spacial score (nSPS) is 12.6. The highest BCUT2D eigenvalue weighted by atomic mass is 16.3. The topological polar surface area (TPSA) is 63.0 Å². The minimum Gasteiger partial charge on any atom is -0.392 e. The molecule has 0 aliphatic heterocycles. The molecule has 0 aliphatic carbocycles. The van der Waals surface area contributed by atoms with E-state index in [-0.39, 0.29) is 6.10 Å². The Bertz CT molecular complexity index is 507. The van der Waals surface area contributed by atoms with Crippen LogP contribution in [0.25, 0.3) is 11.3 Å². The van der Waals surface area contributed by atoms with Gasteiger partial charge in [0.25, 0.3) is 0 Å². The number of hydrogen-bond donors (Lipinski definition) is 2. The van der Waals surface area contributed by atoms with Gasteiger partial charge < -0.3 is 10.4 Å². The molecule has 1 aromatic carbocycles. The second-order valence-electron chi connectivity index (χ2n) is 4.53. The molecule has 0 spiro atoms. The third-order valence-corrected chi connectivity index (χ3v) is 2.79. The van der Waals surface area contributed by atoms with Gasteiger partial charge in [0.05, 0.1) is 12.6 Å². The number of aryl methyl sites for hydroxylation is 1. The van der Waals surface area contributed by atoms with E-state index >= 15 is 0 Å². The summed E-state index contributed by atoms with van der Waals surface area (Å²) in [7, 11) is 0. The molecular weight excluding hydrogens is 240 g/mol. The van der Waals surface area contributed by atoms with Crippen molar-refractivity contribution in [3.05, 3.63) is 36.0 Å². The Labute approximate surface area is 113 Å². The Morgan fingerprint density at radius 1 is 1.26 bits per heavy atom. The van der Waals surface area contributed by atoms with Crippen molar-refractivity contribution in [1.82, 2.24) is 20.3 Å². The second-order valence-corrected chi connectivity index (χ2v) is 4.53. The molecule has 5 nitrogen and oxygen atoms in total. The fourth-order valence-corrected chi connectivity index (χ4v) is 1.86. The summed E-state index contributed by atoms with van der Waals surface area (Å²) in [5.41, 5.74) is 2.88. The summed E-state index contributed by atoms with van der Waals surface area (Å²) in [5, 5.41) is 21.4. The zero-order valence-corrected chi connectivity index (χ0v) is 11.4. The fourth-order valence-electron chi connectivity index (χ4n) is 1.86. The van der Waals surface area contributed by atoms with Crippen LogP contribution in [0.5, 0.6) is 0 Å². The van der Waals surface area contributed by atoms with Gasteiger partial charge in [-0.05, 0) is 13.8 Å². The van der Waals surface area contributed by atoms with Gasteiger partial charge in [-0.25, -0.2) is 0 Å². The van der Waals surface area contributed by atoms with E-state index in [1.807, 2.05) is 37.3 Å². The molecular formula is C14H20N4O. The lowest BCUT2D eigenvalue weighted by Gasteiger charge is -2.05. The maximum absolute atomic E-state index is 9.26. The SMILES string of the molecule is CCn1nc(CNC[C@@H](C)O)c(-c2ccccc2)n1. The summed E-state index contributed by atoms with van der Waals surface area (Å²) in [6.45, 7) is 5.67. The molecule has 102 valence electrons. The molecule has 0 unspecified atom stereocenters. The van der Waals surface area contributed by atoms with Crippen molar-refractivity contribution < 1.29 is 5.11 Å². The van der Waals surface area contributed by atoms with Crippen LogP contribution in [-0.2, 0) is 13.1 Å². The number of aromatic nitrogens is 3. The summed E-state index contributed by atoms with van der Waals surface area (Å²) in [4.78, 5) is 1.70. The minimum atomic E-state index is -0.360. The largest absolute Gasteiger partial charge is 0.392 e. The van der Waals surface area contributed by atoms with E-state index in [1.54, 1.807) is 11.7 Å². The Balaban J connectivity index is 2.19. The number of aliphatic hydroxyl groups is 1. The van der Waals surface area contributed by atoms with E-state index in [2.05, 4.69) is 15.5 Å². The maximum Gasteiger partial charge on any atom is 0.117 e. The van der Waals surface area contributed by atoms with Gasteiger partial charge in [-0.1, -0.05) is 30.3 Å². The summed E-state index contributed by atoms with van der Waals surface area (Å²) >= 11 is 0. The van der Waals surface area contributed by atoms with Gasteiger partial charge in [0.2, 0.25) is 0 Å². The molecule has 1 atom stereocenters. The molecule has 19 heavy (non-hydrogen) atoms. The lowest BCUT2D eigenvalue weighted by atomic mass is 10.1. The van der Waals surface area contributed by atoms with E-state index in [9.17, 15) is 5.11 Å². The molecule has 0 amide bonds. The maximum atomic E-state index is 9.26. The molecule has 1 aromatic heterocycles. The van der Waals surface area contributed by atoms with Crippen LogP contribution in [0.4, 0.5) is 0 Å². The quantitative estimate of drug-likeness (QED) is 0.825. The Morgan fingerprint density at radius 2 is 2.00 bits per heavy atom. The summed E-state index contributed by atoms with van der Waals surface area (Å²) in [5.74, 6) is 0. The molecule has 0 radical (unpaired) electrons. The van der Waals surface area contributed by atoms with Crippen LogP contribution >= 0.6 is 0 Å². The highest BCUT2D eigenvalue weighted by Crippen LogP contribution is 2.19. The van der Waals surface area contributed by atoms with Crippen LogP contribution in [0.15, 0.2) is 30.3 Å². The molecule has 2 N–H and O–H groups in total. The first-order chi connectivity index (χ1) is 9.20. The molecule has 0 bridgehead atoms. The molecule has 0 saturated carbocycles. The van der Waals surface area contributed by atoms with Crippen LogP contribution in [0.2, 0.25) is 0 Å². The summed E-state index contributed by atoms with van der Waals surface area (Å²) in [6.07, 6.45) is -0.360. The lowest BCUT2D eigenvalue weighted by Crippen LogP contribution is -2.24. The van der Waals surface area contributed by atoms with Crippen molar-refractivity contribution in [2.45, 2.75) is 33.0 Å². The van der Waals surface area contributed by atoms with Crippen molar-refractivity contribution in [2.24, 2.45) is 0 Å². The number of benzene rings is 1. The van der Waals surface area contributed by atoms with E-state index < -0.39 is 0 Å². The average molecular weight is 260 g/mol. The first-order valence-corrected chi connectivity index (χ1v) is 6.59. The average Bonchev–Trinajstić information content (AvgIpc) is 2.83. The third-order valence-electron chi connectivity index (χ3n) is 2.79. The van der Waals surface area contributed by atoms with Gasteiger partial charge in [0.15, 0.2) is 0 Å². The number of rotatable bonds is 6. The highest BCUT2D eigenvalue weighted by Gasteiger charge is 2.12. The van der Waals surface area contributed by atoms with Gasteiger partial charge >= 0.3 is 0 Å². The van der Waals surface area contributed by atoms with Crippen molar-refractivity contribution in [3.63, 3.8) is 0 Å². The second kappa shape index (κ2) is 6.45. The third kappa shape index (κ3) is 3.62. The van der Waals surface area contributed by atoms with Crippen molar-refractivity contribution in [2.75, 3.05) is 6.54 Å². The van der Waals surface area contributed by atoms with E-state index in [0.717, 1.165) is 23.5 Å². The first kappa shape index (κ1) is 13.7. The van der Waals surface area contributed by atoms with Crippen LogP contribution in [-0.4, -0.2) is 32.7 Å². The van der Waals surface area contributed by atoms with Crippen molar-refractivity contribution in [3.8, 4) is 11.3 Å². The molecule has 0 aliphatic rings. The lowest BCUT2D eigenvalue weighted by molar-refractivity contribution is 0.191. The first-order valence-electron chi connectivity index (χ1n) is 6.59. The number of hydrogen-bond acceptors (Lipinski definition) is 4. The number of aliphatic hydroxyl groups excluding tert-OH is 1. The van der Waals surface area contributed by atoms with E-state index in [0.29, 0.717) is 13.1 Å². The Kier molecular flexibility index (Phi) is 4.65. The van der Waals surface area contributed by atoms with Crippen LogP contribution < -0.4 is 5.32 Å². The molecule has 0 saturated heterocycles. The molecule has 2 aromatic rings. The molecule has 0 fully saturated rings. The monoisotopic (exact) mass is 260 g/mol. The number of nitrogens with zero attached hydrogens (tertiary/aromatic N) is 3. The smallest absolute Gasteiger partial charge is 0.117 e. The minimum absolute atomic E-state index is 0.360. The highest BCUT2D eigenvalue weighted by molar-refractivity contribution is 5.60. The van der Waals surface area contributed by atoms with E-state index in [1.165, 1.54) is 0 Å². The predicted molar refractivity (Wildman–Crippen MR) is 74.5 cm³/mol. The van der Waals surface area contributed by atoms with Crippen molar-refractivity contribution in [1.29, 1.82) is 0 Å². The van der Waals surface area contributed by atoms with Crippen LogP contribution in [0, 0.1) is 0 Å². The summed E-state index contributed by atoms with van der Waals surface area (Å²) in [6, 6.07) is 10.0. The van der Waals surface area contributed by atoms with Gasteiger partial charge in [-0.15, -0.1) is 0 Å². The molecule has 2 rings (SSSR count). The van der Waals surface area contributed by atoms with Crippen molar-refractivity contribution >= 4 is 0 Å². The van der Waals surface area contributed by atoms with Gasteiger partial charge in [-0.2, -0.15) is 15.0 Å². The van der Waals surface area contributed by atoms with Crippen LogP contribution in [0.3, 0.4) is 0 Å². The zero-order valence-electron chi connectivity index (χ0n) is 11.4. The van der Waals surface area contributed by atoms with Gasteiger partial charge in [-0.3, -0.25) is 0 Å². The standard InChI is InChI=1S/C14H20N4O/c1-3-18-16-13(10-15-9-11(2)19)14(17-18)12-7-5-4-6-8-12/h4-8,11,15,19H,3,9-10H2,1-2H3/t11-/m1/s1. The fraction of sp³-hybridized carbons (Fsp3) is 0.429. The van der Waals surface area contributed by atoms with Gasteiger partial charge in [0, 0.05) is 18.7 Å². The molecule has 5 heteroatoms. The van der Waals surface area contributed by atoms with Gasteiger partial charge in [0.1, 0.15) is 11.4 Å².